The zero-order valence-electron chi connectivity index (χ0n) is 5.95. The molecule has 4 heteroatoms. The Morgan fingerprint density at radius 3 is 2.50 bits per heavy atom. The Morgan fingerprint density at radius 2 is 2.20 bits per heavy atom. The van der Waals surface area contributed by atoms with E-state index in [0.29, 0.717) is 6.42 Å². The van der Waals surface area contributed by atoms with Crippen molar-refractivity contribution in [2.45, 2.75) is 19.4 Å². The van der Waals surface area contributed by atoms with E-state index in [1.165, 1.54) is 0 Å². The second kappa shape index (κ2) is 3.73. The zero-order chi connectivity index (χ0) is 8.20. The highest BCUT2D eigenvalue weighted by atomic mass is 32.2. The molecule has 1 unspecified atom stereocenters. The fraction of sp³-hybridized carbons (Fsp3) is 0.667. The normalized spacial score (nSPS) is 14.6. The molecule has 10 heavy (non-hydrogen) atoms. The average Bonchev–Trinajstić information content (AvgIpc) is 1.87. The largest absolute Gasteiger partial charge is 0.392 e. The van der Waals surface area contributed by atoms with Gasteiger partial charge < -0.3 is 5.11 Å². The molecule has 0 aliphatic heterocycles. The van der Waals surface area contributed by atoms with Gasteiger partial charge >= 0.3 is 0 Å². The van der Waals surface area contributed by atoms with Crippen molar-refractivity contribution >= 4 is 9.84 Å². The van der Waals surface area contributed by atoms with Crippen LogP contribution in [0.3, 0.4) is 0 Å². The summed E-state index contributed by atoms with van der Waals surface area (Å²) in [6.45, 7) is 4.85. The Morgan fingerprint density at radius 1 is 1.70 bits per heavy atom. The topological polar surface area (TPSA) is 54.4 Å². The van der Waals surface area contributed by atoms with Crippen molar-refractivity contribution in [2.24, 2.45) is 0 Å². The summed E-state index contributed by atoms with van der Waals surface area (Å²) >= 11 is 0. The molecular formula is C6H12O3S. The van der Waals surface area contributed by atoms with Crippen molar-refractivity contribution < 1.29 is 13.5 Å². The molecule has 0 aliphatic carbocycles. The molecule has 0 saturated carbocycles. The van der Waals surface area contributed by atoms with E-state index < -0.39 is 15.9 Å². The van der Waals surface area contributed by atoms with Gasteiger partial charge in [-0.15, -0.1) is 0 Å². The maximum atomic E-state index is 10.7. The van der Waals surface area contributed by atoms with Crippen LogP contribution in [0.5, 0.6) is 0 Å². The van der Waals surface area contributed by atoms with Crippen LogP contribution >= 0.6 is 0 Å². The Bertz CT molecular complexity index is 193. The van der Waals surface area contributed by atoms with E-state index in [4.69, 9.17) is 5.11 Å². The molecule has 0 radical (unpaired) electrons. The second-order valence-corrected chi connectivity index (χ2v) is 4.05. The third kappa shape index (κ3) is 3.63. The minimum absolute atomic E-state index is 0.215. The number of aliphatic hydroxyl groups excluding tert-OH is 1. The molecule has 0 bridgehead atoms. The van der Waals surface area contributed by atoms with Crippen molar-refractivity contribution in [1.82, 2.24) is 0 Å². The van der Waals surface area contributed by atoms with Crippen LogP contribution in [0.15, 0.2) is 12.0 Å². The van der Waals surface area contributed by atoms with Gasteiger partial charge in [0.25, 0.3) is 0 Å². The minimum Gasteiger partial charge on any atom is -0.392 e. The standard InChI is InChI=1S/C6H12O3S/c1-3-6(7)5-10(8,9)4-2/h4,6-7H,2-3,5H2,1H3. The summed E-state index contributed by atoms with van der Waals surface area (Å²) in [6.07, 6.45) is -0.310. The second-order valence-electron chi connectivity index (χ2n) is 2.06. The molecule has 0 aromatic carbocycles. The first kappa shape index (κ1) is 9.65. The molecule has 0 fully saturated rings. The first-order valence-electron chi connectivity index (χ1n) is 3.05. The van der Waals surface area contributed by atoms with Crippen LogP contribution in [-0.4, -0.2) is 25.4 Å². The predicted molar refractivity (Wildman–Crippen MR) is 40.3 cm³/mol. The quantitative estimate of drug-likeness (QED) is 0.651. The molecule has 0 heterocycles. The number of hydrogen-bond donors (Lipinski definition) is 1. The van der Waals surface area contributed by atoms with Crippen molar-refractivity contribution in [1.29, 1.82) is 0 Å². The van der Waals surface area contributed by atoms with E-state index in [0.717, 1.165) is 5.41 Å². The van der Waals surface area contributed by atoms with Gasteiger partial charge in [0.05, 0.1) is 11.9 Å². The molecule has 0 aromatic rings. The summed E-state index contributed by atoms with van der Waals surface area (Å²) in [5.41, 5.74) is 0. The van der Waals surface area contributed by atoms with Crippen molar-refractivity contribution in [3.8, 4) is 0 Å². The van der Waals surface area contributed by atoms with Gasteiger partial charge in [0.15, 0.2) is 9.84 Å². The molecule has 0 spiro atoms. The summed E-state index contributed by atoms with van der Waals surface area (Å²) in [4.78, 5) is 0. The lowest BCUT2D eigenvalue weighted by Crippen LogP contribution is -2.17. The van der Waals surface area contributed by atoms with E-state index in [1.54, 1.807) is 6.92 Å². The first-order chi connectivity index (χ1) is 4.52. The van der Waals surface area contributed by atoms with Crippen molar-refractivity contribution in [3.05, 3.63) is 12.0 Å². The van der Waals surface area contributed by atoms with Gasteiger partial charge in [0.1, 0.15) is 0 Å². The van der Waals surface area contributed by atoms with Gasteiger partial charge in [-0.05, 0) is 6.42 Å². The Balaban J connectivity index is 4.02. The maximum absolute atomic E-state index is 10.7. The number of rotatable bonds is 4. The molecule has 0 saturated heterocycles. The first-order valence-corrected chi connectivity index (χ1v) is 4.76. The molecule has 0 amide bonds. The molecule has 0 rings (SSSR count). The smallest absolute Gasteiger partial charge is 0.173 e. The van der Waals surface area contributed by atoms with E-state index >= 15 is 0 Å². The number of hydrogen-bond acceptors (Lipinski definition) is 3. The third-order valence-electron chi connectivity index (χ3n) is 1.15. The monoisotopic (exact) mass is 164 g/mol. The van der Waals surface area contributed by atoms with Gasteiger partial charge in [0.2, 0.25) is 0 Å². The highest BCUT2D eigenvalue weighted by Crippen LogP contribution is 1.98. The molecule has 0 aromatic heterocycles. The van der Waals surface area contributed by atoms with Crippen LogP contribution in [0.1, 0.15) is 13.3 Å². The van der Waals surface area contributed by atoms with Crippen molar-refractivity contribution in [3.63, 3.8) is 0 Å². The molecule has 1 N–H and O–H groups in total. The lowest BCUT2D eigenvalue weighted by Gasteiger charge is -2.03. The fourth-order valence-corrected chi connectivity index (χ4v) is 1.36. The van der Waals surface area contributed by atoms with Crippen molar-refractivity contribution in [2.75, 3.05) is 5.75 Å². The summed E-state index contributed by atoms with van der Waals surface area (Å²) in [5.74, 6) is -0.215. The van der Waals surface area contributed by atoms with Crippen LogP contribution in [0.2, 0.25) is 0 Å². The Kier molecular flexibility index (Phi) is 3.60. The molecule has 3 nitrogen and oxygen atoms in total. The van der Waals surface area contributed by atoms with E-state index in [9.17, 15) is 8.42 Å². The highest BCUT2D eigenvalue weighted by Gasteiger charge is 2.10. The van der Waals surface area contributed by atoms with Gasteiger partial charge in [-0.1, -0.05) is 13.5 Å². The van der Waals surface area contributed by atoms with E-state index in [-0.39, 0.29) is 5.75 Å². The van der Waals surface area contributed by atoms with Crippen LogP contribution in [0.25, 0.3) is 0 Å². The van der Waals surface area contributed by atoms with E-state index in [1.807, 2.05) is 0 Å². The lowest BCUT2D eigenvalue weighted by molar-refractivity contribution is 0.193. The lowest BCUT2D eigenvalue weighted by atomic mass is 10.3. The third-order valence-corrected chi connectivity index (χ3v) is 2.51. The zero-order valence-corrected chi connectivity index (χ0v) is 6.76. The SMILES string of the molecule is C=CS(=O)(=O)CC(O)CC. The van der Waals surface area contributed by atoms with Gasteiger partial charge in [0, 0.05) is 5.41 Å². The molecule has 60 valence electrons. The van der Waals surface area contributed by atoms with Crippen LogP contribution < -0.4 is 0 Å². The highest BCUT2D eigenvalue weighted by molar-refractivity contribution is 7.94. The van der Waals surface area contributed by atoms with Gasteiger partial charge in [-0.25, -0.2) is 8.42 Å². The van der Waals surface area contributed by atoms with Gasteiger partial charge in [-0.3, -0.25) is 0 Å². The van der Waals surface area contributed by atoms with Crippen LogP contribution in [0, 0.1) is 0 Å². The van der Waals surface area contributed by atoms with Gasteiger partial charge in [-0.2, -0.15) is 0 Å². The summed E-state index contributed by atoms with van der Waals surface area (Å²) in [7, 11) is -3.22. The van der Waals surface area contributed by atoms with E-state index in [2.05, 4.69) is 6.58 Å². The number of aliphatic hydroxyl groups is 1. The molecular weight excluding hydrogens is 152 g/mol. The Hall–Kier alpha value is -0.350. The minimum atomic E-state index is -3.22. The van der Waals surface area contributed by atoms with Crippen LogP contribution in [-0.2, 0) is 9.84 Å². The maximum Gasteiger partial charge on any atom is 0.173 e. The molecule has 1 atom stereocenters. The average molecular weight is 164 g/mol. The summed E-state index contributed by atoms with van der Waals surface area (Å²) < 4.78 is 21.4. The number of sulfone groups is 1. The Labute approximate surface area is 61.3 Å². The van der Waals surface area contributed by atoms with Crippen LogP contribution in [0.4, 0.5) is 0 Å². The predicted octanol–water partition coefficient (Wildman–Crippen LogP) is 0.316. The summed E-state index contributed by atoms with van der Waals surface area (Å²) in [6, 6.07) is 0. The molecule has 0 aliphatic rings. The fourth-order valence-electron chi connectivity index (χ4n) is 0.454. The summed E-state index contributed by atoms with van der Waals surface area (Å²) in [5, 5.41) is 9.76.